The van der Waals surface area contributed by atoms with Gasteiger partial charge in [0.05, 0.1) is 12.7 Å². The first-order valence-corrected chi connectivity index (χ1v) is 4.79. The van der Waals surface area contributed by atoms with Crippen molar-refractivity contribution >= 4 is 17.3 Å². The number of carbonyl (C=O) groups excluding carboxylic acids is 1. The zero-order valence-electron chi connectivity index (χ0n) is 9.47. The van der Waals surface area contributed by atoms with Gasteiger partial charge in [-0.1, -0.05) is 0 Å². The van der Waals surface area contributed by atoms with E-state index in [1.54, 1.807) is 24.3 Å². The molecule has 0 fully saturated rings. The molecule has 6 heteroatoms. The molecule has 1 aromatic rings. The van der Waals surface area contributed by atoms with Gasteiger partial charge >= 0.3 is 11.6 Å². The minimum atomic E-state index is -0.486. The molecule has 0 spiro atoms. The van der Waals surface area contributed by atoms with Crippen LogP contribution in [0.3, 0.4) is 0 Å². The fraction of sp³-hybridized carbons (Fsp3) is 0.182. The number of benzene rings is 1. The number of amides is 1. The Labute approximate surface area is 98.1 Å². The first kappa shape index (κ1) is 12.5. The van der Waals surface area contributed by atoms with Gasteiger partial charge in [0.1, 0.15) is 0 Å². The van der Waals surface area contributed by atoms with Gasteiger partial charge in [0.25, 0.3) is 0 Å². The van der Waals surface area contributed by atoms with Gasteiger partial charge in [0.15, 0.2) is 4.98 Å². The Morgan fingerprint density at radius 3 is 2.41 bits per heavy atom. The van der Waals surface area contributed by atoms with E-state index in [4.69, 9.17) is 5.39 Å². The van der Waals surface area contributed by atoms with Gasteiger partial charge in [-0.2, -0.15) is 0 Å². The largest absolute Gasteiger partial charge is 0.475 e. The number of nitrogens with zero attached hydrogens (tertiary/aromatic N) is 2. The second kappa shape index (κ2) is 5.51. The molecule has 0 aliphatic carbocycles. The standard InChI is InChI=1S/C11H11N3O3/c1-7(15)13-9-5-3-8(4-6-9)10(14-12)11(16)17-2/h3-6,12H,1-2H3/p+1. The van der Waals surface area contributed by atoms with E-state index in [1.807, 2.05) is 0 Å². The number of ether oxygens (including phenoxy) is 1. The smallest absolute Gasteiger partial charge is 0.471 e. The average molecular weight is 234 g/mol. The van der Waals surface area contributed by atoms with Gasteiger partial charge in [0.2, 0.25) is 11.3 Å². The van der Waals surface area contributed by atoms with Gasteiger partial charge in [0, 0.05) is 12.6 Å². The fourth-order valence-electron chi connectivity index (χ4n) is 1.24. The SMILES string of the molecule is CO/C(O)=C(\[N+]#N)c1ccc(NC(C)=O)cc1. The van der Waals surface area contributed by atoms with Crippen molar-refractivity contribution in [2.45, 2.75) is 6.92 Å². The molecule has 1 amide bonds. The maximum absolute atomic E-state index is 10.8. The minimum Gasteiger partial charge on any atom is -0.475 e. The van der Waals surface area contributed by atoms with E-state index >= 15 is 0 Å². The summed E-state index contributed by atoms with van der Waals surface area (Å²) in [5, 5.41) is 20.7. The molecular weight excluding hydrogens is 222 g/mol. The number of carbonyl (C=O) groups is 1. The third kappa shape index (κ3) is 3.21. The highest BCUT2D eigenvalue weighted by molar-refractivity contribution is 5.88. The van der Waals surface area contributed by atoms with E-state index in [0.29, 0.717) is 11.3 Å². The van der Waals surface area contributed by atoms with E-state index in [0.717, 1.165) is 0 Å². The van der Waals surface area contributed by atoms with Crippen LogP contribution < -0.4 is 5.32 Å². The third-order valence-electron chi connectivity index (χ3n) is 1.97. The topological polar surface area (TPSA) is 86.7 Å². The second-order valence-electron chi connectivity index (χ2n) is 3.22. The van der Waals surface area contributed by atoms with E-state index in [2.05, 4.69) is 15.0 Å². The van der Waals surface area contributed by atoms with Gasteiger partial charge in [-0.15, -0.1) is 0 Å². The van der Waals surface area contributed by atoms with Gasteiger partial charge in [-0.3, -0.25) is 4.79 Å². The fourth-order valence-corrected chi connectivity index (χ4v) is 1.24. The van der Waals surface area contributed by atoms with Crippen molar-refractivity contribution in [3.05, 3.63) is 40.8 Å². The summed E-state index contributed by atoms with van der Waals surface area (Å²) in [5.41, 5.74) is 0.985. The highest BCUT2D eigenvalue weighted by Gasteiger charge is 2.22. The second-order valence-corrected chi connectivity index (χ2v) is 3.22. The molecule has 0 aromatic heterocycles. The molecule has 0 radical (unpaired) electrons. The van der Waals surface area contributed by atoms with Crippen LogP contribution in [0.2, 0.25) is 0 Å². The van der Waals surface area contributed by atoms with Crippen LogP contribution in [-0.4, -0.2) is 18.1 Å². The summed E-state index contributed by atoms with van der Waals surface area (Å²) in [6.07, 6.45) is 0. The molecule has 0 bridgehead atoms. The number of aliphatic hydroxyl groups is 1. The molecule has 1 rings (SSSR count). The normalized spacial score (nSPS) is 11.1. The lowest BCUT2D eigenvalue weighted by Crippen LogP contribution is -2.05. The lowest BCUT2D eigenvalue weighted by atomic mass is 10.1. The van der Waals surface area contributed by atoms with Crippen molar-refractivity contribution in [1.82, 2.24) is 0 Å². The molecule has 0 heterocycles. The predicted molar refractivity (Wildman–Crippen MR) is 62.4 cm³/mol. The molecule has 0 saturated carbocycles. The van der Waals surface area contributed by atoms with Crippen LogP contribution in [0.25, 0.3) is 10.7 Å². The molecule has 2 N–H and O–H groups in total. The van der Waals surface area contributed by atoms with Crippen molar-refractivity contribution in [3.8, 4) is 0 Å². The molecule has 0 aliphatic rings. The Hall–Kier alpha value is -2.55. The molecule has 88 valence electrons. The van der Waals surface area contributed by atoms with Crippen LogP contribution in [-0.2, 0) is 9.53 Å². The molecule has 17 heavy (non-hydrogen) atoms. The van der Waals surface area contributed by atoms with E-state index in [1.165, 1.54) is 14.0 Å². The maximum Gasteiger partial charge on any atom is 0.471 e. The molecule has 6 nitrogen and oxygen atoms in total. The summed E-state index contributed by atoms with van der Waals surface area (Å²) < 4.78 is 4.56. The molecular formula is C11H12N3O3+. The Morgan fingerprint density at radius 2 is 2.00 bits per heavy atom. The predicted octanol–water partition coefficient (Wildman–Crippen LogP) is 2.33. The number of nitrogens with one attached hydrogen (secondary N) is 1. The summed E-state index contributed by atoms with van der Waals surface area (Å²) in [6.45, 7) is 1.40. The summed E-state index contributed by atoms with van der Waals surface area (Å²) in [6, 6.07) is 6.39. The van der Waals surface area contributed by atoms with Gasteiger partial charge < -0.3 is 15.2 Å². The van der Waals surface area contributed by atoms with Gasteiger partial charge in [-0.25, -0.2) is 0 Å². The zero-order valence-corrected chi connectivity index (χ0v) is 9.47. The summed E-state index contributed by atoms with van der Waals surface area (Å²) in [7, 11) is 1.26. The van der Waals surface area contributed by atoms with E-state index in [9.17, 15) is 9.90 Å². The summed E-state index contributed by atoms with van der Waals surface area (Å²) >= 11 is 0. The highest BCUT2D eigenvalue weighted by Crippen LogP contribution is 2.21. The number of anilines is 1. The minimum absolute atomic E-state index is 0.0816. The number of rotatable bonds is 3. The van der Waals surface area contributed by atoms with Crippen LogP contribution in [0.1, 0.15) is 12.5 Å². The van der Waals surface area contributed by atoms with E-state index in [-0.39, 0.29) is 11.6 Å². The van der Waals surface area contributed by atoms with Crippen molar-refractivity contribution in [2.75, 3.05) is 12.4 Å². The van der Waals surface area contributed by atoms with Crippen LogP contribution in [0.4, 0.5) is 5.69 Å². The van der Waals surface area contributed by atoms with Crippen LogP contribution in [0, 0.1) is 5.39 Å². The highest BCUT2D eigenvalue weighted by atomic mass is 16.6. The van der Waals surface area contributed by atoms with Crippen LogP contribution in [0.15, 0.2) is 30.2 Å². The average Bonchev–Trinajstić information content (AvgIpc) is 2.31. The molecule has 0 saturated heterocycles. The number of hydrogen-bond donors (Lipinski definition) is 2. The summed E-state index contributed by atoms with van der Waals surface area (Å²) in [5.74, 6) is -0.667. The number of methoxy groups -OCH3 is 1. The zero-order chi connectivity index (χ0) is 12.8. The van der Waals surface area contributed by atoms with Gasteiger partial charge in [-0.05, 0) is 24.3 Å². The lowest BCUT2D eigenvalue weighted by molar-refractivity contribution is -0.114. The third-order valence-corrected chi connectivity index (χ3v) is 1.97. The van der Waals surface area contributed by atoms with Crippen LogP contribution in [0.5, 0.6) is 0 Å². The number of diazo groups is 1. The van der Waals surface area contributed by atoms with Crippen molar-refractivity contribution in [2.24, 2.45) is 0 Å². The lowest BCUT2D eigenvalue weighted by Gasteiger charge is -2.01. The first-order chi connectivity index (χ1) is 8.08. The Bertz CT molecular complexity index is 486. The quantitative estimate of drug-likeness (QED) is 0.620. The first-order valence-electron chi connectivity index (χ1n) is 4.79. The molecule has 0 unspecified atom stereocenters. The maximum atomic E-state index is 10.8. The number of aliphatic hydroxyl groups excluding tert-OH is 1. The molecule has 0 atom stereocenters. The van der Waals surface area contributed by atoms with Crippen molar-refractivity contribution < 1.29 is 14.6 Å². The van der Waals surface area contributed by atoms with Crippen LogP contribution >= 0.6 is 0 Å². The van der Waals surface area contributed by atoms with E-state index < -0.39 is 5.95 Å². The Kier molecular flexibility index (Phi) is 4.06. The Morgan fingerprint density at radius 1 is 1.41 bits per heavy atom. The van der Waals surface area contributed by atoms with Crippen molar-refractivity contribution in [3.63, 3.8) is 0 Å². The van der Waals surface area contributed by atoms with Crippen molar-refractivity contribution in [1.29, 1.82) is 5.39 Å². The monoisotopic (exact) mass is 234 g/mol. The number of hydrogen-bond acceptors (Lipinski definition) is 4. The molecule has 0 aliphatic heterocycles. The Balaban J connectivity index is 3.02. The summed E-state index contributed by atoms with van der Waals surface area (Å²) in [4.78, 5) is 13.7. The molecule has 1 aromatic carbocycles.